The first kappa shape index (κ1) is 17.5. The van der Waals surface area contributed by atoms with E-state index < -0.39 is 5.54 Å². The van der Waals surface area contributed by atoms with Crippen molar-refractivity contribution in [1.29, 1.82) is 0 Å². The Kier molecular flexibility index (Phi) is 5.77. The molecule has 1 fully saturated rings. The van der Waals surface area contributed by atoms with E-state index in [1.807, 2.05) is 36.1 Å². The molecule has 5 heteroatoms. The molecule has 5 nitrogen and oxygen atoms in total. The van der Waals surface area contributed by atoms with Crippen LogP contribution in [0, 0.1) is 0 Å². The number of hydrogen-bond acceptors (Lipinski definition) is 3. The van der Waals surface area contributed by atoms with Gasteiger partial charge in [-0.2, -0.15) is 0 Å². The van der Waals surface area contributed by atoms with E-state index in [9.17, 15) is 9.59 Å². The summed E-state index contributed by atoms with van der Waals surface area (Å²) in [6.45, 7) is 5.77. The molecule has 0 aromatic heterocycles. The molecule has 1 aliphatic heterocycles. The van der Waals surface area contributed by atoms with Crippen LogP contribution in [0.4, 0.5) is 0 Å². The van der Waals surface area contributed by atoms with Crippen molar-refractivity contribution in [2.75, 3.05) is 6.54 Å². The zero-order valence-electron chi connectivity index (χ0n) is 14.1. The van der Waals surface area contributed by atoms with Crippen LogP contribution in [0.25, 0.3) is 0 Å². The van der Waals surface area contributed by atoms with Crippen molar-refractivity contribution in [3.63, 3.8) is 0 Å². The van der Waals surface area contributed by atoms with E-state index in [0.29, 0.717) is 25.9 Å². The van der Waals surface area contributed by atoms with Crippen molar-refractivity contribution in [1.82, 2.24) is 10.2 Å². The zero-order chi connectivity index (χ0) is 16.9. The van der Waals surface area contributed by atoms with Gasteiger partial charge in [-0.3, -0.25) is 9.59 Å². The number of nitrogens with zero attached hydrogens (tertiary/aromatic N) is 1. The maximum absolute atomic E-state index is 12.1. The fraction of sp³-hybridized carbons (Fsp3) is 0.556. The Morgan fingerprint density at radius 2 is 1.96 bits per heavy atom. The van der Waals surface area contributed by atoms with Gasteiger partial charge in [-0.15, -0.1) is 0 Å². The maximum Gasteiger partial charge on any atom is 0.240 e. The lowest BCUT2D eigenvalue weighted by molar-refractivity contribution is -0.128. The van der Waals surface area contributed by atoms with Gasteiger partial charge in [-0.25, -0.2) is 0 Å². The number of carbonyl (C=O) groups excluding carboxylic acids is 2. The van der Waals surface area contributed by atoms with E-state index in [1.54, 1.807) is 6.92 Å². The van der Waals surface area contributed by atoms with Gasteiger partial charge in [0.05, 0.1) is 5.54 Å². The van der Waals surface area contributed by atoms with Crippen molar-refractivity contribution >= 4 is 11.8 Å². The van der Waals surface area contributed by atoms with Crippen molar-refractivity contribution in [2.24, 2.45) is 5.73 Å². The molecule has 1 atom stereocenters. The molecule has 1 saturated heterocycles. The minimum Gasteiger partial charge on any atom is -0.350 e. The summed E-state index contributed by atoms with van der Waals surface area (Å²) in [5.41, 5.74) is 7.34. The summed E-state index contributed by atoms with van der Waals surface area (Å²) in [5, 5.41) is 2.90. The molecule has 126 valence electrons. The Morgan fingerprint density at radius 3 is 2.52 bits per heavy atom. The third-order valence-electron chi connectivity index (χ3n) is 4.31. The molecule has 2 rings (SSSR count). The summed E-state index contributed by atoms with van der Waals surface area (Å²) < 4.78 is 0. The smallest absolute Gasteiger partial charge is 0.240 e. The topological polar surface area (TPSA) is 75.4 Å². The summed E-state index contributed by atoms with van der Waals surface area (Å²) in [6, 6.07) is 8.01. The van der Waals surface area contributed by atoms with Gasteiger partial charge in [-0.05, 0) is 30.9 Å². The highest BCUT2D eigenvalue weighted by atomic mass is 16.2. The van der Waals surface area contributed by atoms with E-state index in [4.69, 9.17) is 5.73 Å². The fourth-order valence-corrected chi connectivity index (χ4v) is 2.87. The lowest BCUT2D eigenvalue weighted by Gasteiger charge is -2.22. The number of benzene rings is 1. The second-order valence-corrected chi connectivity index (χ2v) is 6.59. The van der Waals surface area contributed by atoms with Crippen LogP contribution in [0.1, 0.15) is 50.7 Å². The van der Waals surface area contributed by atoms with Gasteiger partial charge in [0.2, 0.25) is 11.8 Å². The fourth-order valence-electron chi connectivity index (χ4n) is 2.87. The summed E-state index contributed by atoms with van der Waals surface area (Å²) in [5.74, 6) is 0.116. The lowest BCUT2D eigenvalue weighted by Crippen LogP contribution is -2.51. The number of nitrogens with two attached hydrogens (primary N) is 1. The van der Waals surface area contributed by atoms with Crippen LogP contribution in [0.3, 0.4) is 0 Å². The first-order valence-electron chi connectivity index (χ1n) is 8.35. The Hall–Kier alpha value is -1.88. The molecular weight excluding hydrogens is 290 g/mol. The minimum atomic E-state index is -0.815. The molecule has 1 unspecified atom stereocenters. The third kappa shape index (κ3) is 4.79. The molecule has 1 aliphatic rings. The number of carbonyl (C=O) groups is 2. The van der Waals surface area contributed by atoms with Gasteiger partial charge in [0, 0.05) is 26.1 Å². The molecule has 1 aromatic rings. The van der Waals surface area contributed by atoms with Gasteiger partial charge >= 0.3 is 0 Å². The molecule has 0 radical (unpaired) electrons. The molecule has 0 bridgehead atoms. The summed E-state index contributed by atoms with van der Waals surface area (Å²) in [7, 11) is 0. The minimum absolute atomic E-state index is 0.119. The summed E-state index contributed by atoms with van der Waals surface area (Å²) in [6.07, 6.45) is 3.17. The third-order valence-corrected chi connectivity index (χ3v) is 4.31. The monoisotopic (exact) mass is 317 g/mol. The van der Waals surface area contributed by atoms with Crippen LogP contribution in [0.2, 0.25) is 0 Å². The molecule has 1 heterocycles. The quantitative estimate of drug-likeness (QED) is 0.807. The summed E-state index contributed by atoms with van der Waals surface area (Å²) >= 11 is 0. The lowest BCUT2D eigenvalue weighted by atomic mass is 9.96. The average Bonchev–Trinajstić information content (AvgIpc) is 2.91. The molecule has 0 saturated carbocycles. The highest BCUT2D eigenvalue weighted by Crippen LogP contribution is 2.15. The second kappa shape index (κ2) is 7.59. The number of hydrogen-bond donors (Lipinski definition) is 2. The maximum atomic E-state index is 12.1. The molecule has 3 N–H and O–H groups in total. The normalized spacial score (nSPS) is 17.2. The van der Waals surface area contributed by atoms with Crippen LogP contribution in [0.5, 0.6) is 0 Å². The van der Waals surface area contributed by atoms with Crippen LogP contribution < -0.4 is 11.1 Å². The highest BCUT2D eigenvalue weighted by Gasteiger charge is 2.26. The predicted molar refractivity (Wildman–Crippen MR) is 90.4 cm³/mol. The Balaban J connectivity index is 1.85. The largest absolute Gasteiger partial charge is 0.350 e. The standard InChI is InChI=1S/C18H27N3O2/c1-3-10-18(2,19)17(23)20-12-14-6-8-15(9-7-14)13-21-11-4-5-16(21)22/h6-9H,3-5,10-13,19H2,1-2H3,(H,20,23). The number of likely N-dealkylation sites (tertiary alicyclic amines) is 1. The number of rotatable bonds is 7. The van der Waals surface area contributed by atoms with Crippen molar-refractivity contribution in [3.05, 3.63) is 35.4 Å². The highest BCUT2D eigenvalue weighted by molar-refractivity contribution is 5.85. The molecule has 2 amide bonds. The summed E-state index contributed by atoms with van der Waals surface area (Å²) in [4.78, 5) is 25.6. The van der Waals surface area contributed by atoms with Crippen LogP contribution in [-0.2, 0) is 22.7 Å². The zero-order valence-corrected chi connectivity index (χ0v) is 14.1. The SMILES string of the molecule is CCCC(C)(N)C(=O)NCc1ccc(CN2CCCC2=O)cc1. The first-order chi connectivity index (χ1) is 10.9. The number of nitrogens with one attached hydrogen (secondary N) is 1. The van der Waals surface area contributed by atoms with Gasteiger partial charge in [0.1, 0.15) is 0 Å². The Morgan fingerprint density at radius 1 is 1.30 bits per heavy atom. The van der Waals surface area contributed by atoms with Gasteiger partial charge in [0.25, 0.3) is 0 Å². The molecule has 0 aliphatic carbocycles. The van der Waals surface area contributed by atoms with E-state index in [0.717, 1.165) is 30.5 Å². The van der Waals surface area contributed by atoms with Crippen LogP contribution in [0.15, 0.2) is 24.3 Å². The van der Waals surface area contributed by atoms with E-state index in [-0.39, 0.29) is 11.8 Å². The molecule has 0 spiro atoms. The van der Waals surface area contributed by atoms with Gasteiger partial charge in [0.15, 0.2) is 0 Å². The van der Waals surface area contributed by atoms with Crippen molar-refractivity contribution in [3.8, 4) is 0 Å². The van der Waals surface area contributed by atoms with E-state index >= 15 is 0 Å². The number of amides is 2. The average molecular weight is 317 g/mol. The molecular formula is C18H27N3O2. The predicted octanol–water partition coefficient (Wildman–Crippen LogP) is 1.94. The Labute approximate surface area is 138 Å². The van der Waals surface area contributed by atoms with Crippen LogP contribution in [-0.4, -0.2) is 28.8 Å². The van der Waals surface area contributed by atoms with Crippen molar-refractivity contribution in [2.45, 2.75) is 58.2 Å². The van der Waals surface area contributed by atoms with Crippen molar-refractivity contribution < 1.29 is 9.59 Å². The Bertz CT molecular complexity index is 552. The second-order valence-electron chi connectivity index (χ2n) is 6.59. The van der Waals surface area contributed by atoms with E-state index in [2.05, 4.69) is 5.32 Å². The van der Waals surface area contributed by atoms with Gasteiger partial charge in [-0.1, -0.05) is 37.6 Å². The molecule has 1 aromatic carbocycles. The van der Waals surface area contributed by atoms with Gasteiger partial charge < -0.3 is 16.0 Å². The van der Waals surface area contributed by atoms with E-state index in [1.165, 1.54) is 0 Å². The van der Waals surface area contributed by atoms with Crippen LogP contribution >= 0.6 is 0 Å². The molecule has 23 heavy (non-hydrogen) atoms. The first-order valence-corrected chi connectivity index (χ1v) is 8.35.